The minimum absolute atomic E-state index is 0.0749. The Labute approximate surface area is 119 Å². The molecule has 0 aliphatic carbocycles. The molecular weight excluding hydrogens is 274 g/mol. The summed E-state index contributed by atoms with van der Waals surface area (Å²) in [4.78, 5) is 12.8. The van der Waals surface area contributed by atoms with Crippen LogP contribution in [-0.2, 0) is 6.54 Å². The fourth-order valence-electron chi connectivity index (χ4n) is 1.84. The highest BCUT2D eigenvalue weighted by Crippen LogP contribution is 2.21. The first kappa shape index (κ1) is 12.7. The molecule has 2 aromatic heterocycles. The summed E-state index contributed by atoms with van der Waals surface area (Å²) in [6.07, 6.45) is 0. The first-order valence-corrected chi connectivity index (χ1v) is 6.94. The molecule has 0 atom stereocenters. The third kappa shape index (κ3) is 2.65. The average molecular weight is 287 g/mol. The fourth-order valence-corrected chi connectivity index (χ4v) is 2.71. The number of nitrogens with zero attached hydrogens (tertiary/aromatic N) is 2. The Balaban J connectivity index is 1.78. The number of rotatable bonds is 4. The van der Waals surface area contributed by atoms with Crippen molar-refractivity contribution in [3.05, 3.63) is 64.3 Å². The van der Waals surface area contributed by atoms with Crippen LogP contribution in [0.25, 0.3) is 10.4 Å². The van der Waals surface area contributed by atoms with E-state index in [2.05, 4.69) is 10.6 Å². The SMILES string of the molecule is Cc1cc(CNn2sc(-c3ccccc3)cc2=O)no1. The van der Waals surface area contributed by atoms with Gasteiger partial charge in [0.25, 0.3) is 5.56 Å². The van der Waals surface area contributed by atoms with Crippen LogP contribution < -0.4 is 11.0 Å². The van der Waals surface area contributed by atoms with Crippen molar-refractivity contribution in [3.63, 3.8) is 0 Å². The summed E-state index contributed by atoms with van der Waals surface area (Å²) >= 11 is 1.37. The number of hydrogen-bond donors (Lipinski definition) is 1. The molecule has 2 heterocycles. The molecule has 5 nitrogen and oxygen atoms in total. The van der Waals surface area contributed by atoms with Gasteiger partial charge in [-0.3, -0.25) is 4.79 Å². The van der Waals surface area contributed by atoms with Gasteiger partial charge >= 0.3 is 0 Å². The first-order valence-electron chi connectivity index (χ1n) is 6.17. The molecule has 1 aromatic carbocycles. The van der Waals surface area contributed by atoms with E-state index in [9.17, 15) is 4.79 Å². The van der Waals surface area contributed by atoms with Crippen molar-refractivity contribution >= 4 is 11.5 Å². The molecule has 0 radical (unpaired) electrons. The molecule has 0 saturated heterocycles. The van der Waals surface area contributed by atoms with Gasteiger partial charge in [-0.25, -0.2) is 0 Å². The summed E-state index contributed by atoms with van der Waals surface area (Å²) in [5.74, 6) is 0.755. The van der Waals surface area contributed by atoms with Crippen LogP contribution in [0.15, 0.2) is 51.8 Å². The van der Waals surface area contributed by atoms with Crippen LogP contribution in [0.3, 0.4) is 0 Å². The van der Waals surface area contributed by atoms with Crippen LogP contribution >= 0.6 is 11.5 Å². The molecule has 0 bridgehead atoms. The van der Waals surface area contributed by atoms with E-state index in [1.54, 1.807) is 6.07 Å². The Bertz CT molecular complexity index is 758. The zero-order valence-corrected chi connectivity index (χ0v) is 11.7. The molecule has 20 heavy (non-hydrogen) atoms. The Hall–Kier alpha value is -2.34. The molecule has 0 fully saturated rings. The van der Waals surface area contributed by atoms with Gasteiger partial charge in [0.15, 0.2) is 0 Å². The molecule has 6 heteroatoms. The molecule has 1 N–H and O–H groups in total. The lowest BCUT2D eigenvalue weighted by atomic mass is 10.2. The minimum Gasteiger partial charge on any atom is -0.361 e. The maximum Gasteiger partial charge on any atom is 0.280 e. The Morgan fingerprint density at radius 1 is 1.30 bits per heavy atom. The topological polar surface area (TPSA) is 60.1 Å². The second kappa shape index (κ2) is 5.34. The predicted molar refractivity (Wildman–Crippen MR) is 78.3 cm³/mol. The molecule has 0 aliphatic rings. The molecule has 3 rings (SSSR count). The minimum atomic E-state index is -0.0749. The van der Waals surface area contributed by atoms with Gasteiger partial charge in [0, 0.05) is 12.1 Å². The standard InChI is InChI=1S/C14H13N3O2S/c1-10-7-12(16-19-10)9-15-17-14(18)8-13(20-17)11-5-3-2-4-6-11/h2-8,15H,9H2,1H3. The second-order valence-corrected chi connectivity index (χ2v) is 5.35. The molecule has 102 valence electrons. The van der Waals surface area contributed by atoms with Crippen molar-refractivity contribution in [2.45, 2.75) is 13.5 Å². The van der Waals surface area contributed by atoms with E-state index in [1.807, 2.05) is 43.3 Å². The van der Waals surface area contributed by atoms with E-state index in [-0.39, 0.29) is 5.56 Å². The Morgan fingerprint density at radius 2 is 2.10 bits per heavy atom. The molecule has 0 spiro atoms. The van der Waals surface area contributed by atoms with Crippen LogP contribution in [0.1, 0.15) is 11.5 Å². The van der Waals surface area contributed by atoms with Gasteiger partial charge in [-0.15, -0.1) is 0 Å². The van der Waals surface area contributed by atoms with Gasteiger partial charge in [0.1, 0.15) is 11.5 Å². The number of nitrogens with one attached hydrogen (secondary N) is 1. The molecule has 0 saturated carbocycles. The van der Waals surface area contributed by atoms with Crippen molar-refractivity contribution in [1.29, 1.82) is 0 Å². The maximum absolute atomic E-state index is 11.9. The summed E-state index contributed by atoms with van der Waals surface area (Å²) in [5, 5.41) is 3.88. The number of aryl methyl sites for hydroxylation is 1. The fraction of sp³-hybridized carbons (Fsp3) is 0.143. The van der Waals surface area contributed by atoms with E-state index in [0.717, 1.165) is 21.9 Å². The van der Waals surface area contributed by atoms with Crippen LogP contribution in [0.4, 0.5) is 0 Å². The summed E-state index contributed by atoms with van der Waals surface area (Å²) in [6, 6.07) is 13.3. The van der Waals surface area contributed by atoms with Crippen LogP contribution in [0, 0.1) is 6.92 Å². The van der Waals surface area contributed by atoms with Crippen LogP contribution in [0.5, 0.6) is 0 Å². The third-order valence-corrected chi connectivity index (χ3v) is 3.83. The maximum atomic E-state index is 11.9. The first-order chi connectivity index (χ1) is 9.72. The normalized spacial score (nSPS) is 10.7. The van der Waals surface area contributed by atoms with Gasteiger partial charge in [0.05, 0.1) is 11.4 Å². The highest BCUT2D eigenvalue weighted by molar-refractivity contribution is 7.10. The lowest BCUT2D eigenvalue weighted by molar-refractivity contribution is 0.391. The van der Waals surface area contributed by atoms with E-state index in [4.69, 9.17) is 4.52 Å². The summed E-state index contributed by atoms with van der Waals surface area (Å²) in [5.41, 5.74) is 4.76. The second-order valence-electron chi connectivity index (χ2n) is 4.36. The largest absolute Gasteiger partial charge is 0.361 e. The highest BCUT2D eigenvalue weighted by Gasteiger charge is 2.07. The lowest BCUT2D eigenvalue weighted by Gasteiger charge is -2.01. The van der Waals surface area contributed by atoms with E-state index in [0.29, 0.717) is 6.54 Å². The average Bonchev–Trinajstić information content (AvgIpc) is 3.04. The Kier molecular flexibility index (Phi) is 3.39. The summed E-state index contributed by atoms with van der Waals surface area (Å²) in [7, 11) is 0. The van der Waals surface area contributed by atoms with Crippen molar-refractivity contribution < 1.29 is 4.52 Å². The van der Waals surface area contributed by atoms with E-state index >= 15 is 0 Å². The van der Waals surface area contributed by atoms with Crippen molar-refractivity contribution in [2.24, 2.45) is 0 Å². The number of hydrogen-bond acceptors (Lipinski definition) is 5. The zero-order valence-electron chi connectivity index (χ0n) is 10.9. The quantitative estimate of drug-likeness (QED) is 0.801. The van der Waals surface area contributed by atoms with Gasteiger partial charge in [-0.05, 0) is 24.0 Å². The van der Waals surface area contributed by atoms with Crippen molar-refractivity contribution in [1.82, 2.24) is 9.22 Å². The van der Waals surface area contributed by atoms with Crippen molar-refractivity contribution in [3.8, 4) is 10.4 Å². The predicted octanol–water partition coefficient (Wildman–Crippen LogP) is 2.62. The number of aromatic nitrogens is 2. The van der Waals surface area contributed by atoms with Crippen LogP contribution in [0.2, 0.25) is 0 Å². The van der Waals surface area contributed by atoms with Crippen LogP contribution in [-0.4, -0.2) is 9.22 Å². The van der Waals surface area contributed by atoms with Gasteiger partial charge in [-0.2, -0.15) is 4.07 Å². The zero-order chi connectivity index (χ0) is 13.9. The lowest BCUT2D eigenvalue weighted by Crippen LogP contribution is -2.22. The smallest absolute Gasteiger partial charge is 0.280 e. The van der Waals surface area contributed by atoms with Gasteiger partial charge in [-0.1, -0.05) is 35.5 Å². The number of benzene rings is 1. The highest BCUT2D eigenvalue weighted by atomic mass is 32.1. The van der Waals surface area contributed by atoms with E-state index in [1.165, 1.54) is 15.6 Å². The molecule has 0 unspecified atom stereocenters. The van der Waals surface area contributed by atoms with Gasteiger partial charge < -0.3 is 9.95 Å². The summed E-state index contributed by atoms with van der Waals surface area (Å²) < 4.78 is 6.49. The van der Waals surface area contributed by atoms with Gasteiger partial charge in [0.2, 0.25) is 0 Å². The Morgan fingerprint density at radius 3 is 2.80 bits per heavy atom. The molecule has 0 aliphatic heterocycles. The summed E-state index contributed by atoms with van der Waals surface area (Å²) in [6.45, 7) is 2.29. The molecule has 3 aromatic rings. The van der Waals surface area contributed by atoms with Crippen molar-refractivity contribution in [2.75, 3.05) is 5.43 Å². The molecular formula is C14H13N3O2S. The van der Waals surface area contributed by atoms with E-state index < -0.39 is 0 Å². The monoisotopic (exact) mass is 287 g/mol. The third-order valence-electron chi connectivity index (χ3n) is 2.78. The molecule has 0 amide bonds.